The van der Waals surface area contributed by atoms with Crippen molar-refractivity contribution in [1.29, 1.82) is 0 Å². The third-order valence-electron chi connectivity index (χ3n) is 11.5. The molecule has 6 heterocycles. The van der Waals surface area contributed by atoms with Crippen LogP contribution in [-0.4, -0.2) is 86.4 Å². The van der Waals surface area contributed by atoms with Crippen molar-refractivity contribution in [2.24, 2.45) is 14.8 Å². The van der Waals surface area contributed by atoms with Gasteiger partial charge in [0.15, 0.2) is 0 Å². The molecule has 4 aliphatic heterocycles. The number of fused-ring (bicyclic) bond motifs is 2. The van der Waals surface area contributed by atoms with Crippen LogP contribution < -0.4 is 5.32 Å². The molecule has 1 aliphatic carbocycles. The average molecular weight is 709 g/mol. The first-order valence-corrected chi connectivity index (χ1v) is 22.7. The van der Waals surface area contributed by atoms with Crippen LogP contribution in [0.1, 0.15) is 81.3 Å². The van der Waals surface area contributed by atoms with E-state index < -0.39 is 21.7 Å². The molecule has 1 aromatic carbocycles. The van der Waals surface area contributed by atoms with Gasteiger partial charge in [-0.15, -0.1) is 0 Å². The van der Waals surface area contributed by atoms with Crippen LogP contribution in [0.5, 0.6) is 0 Å². The molecule has 8 rings (SSSR count). The molecule has 1 N–H and O–H groups in total. The van der Waals surface area contributed by atoms with E-state index in [4.69, 9.17) is 17.8 Å². The van der Waals surface area contributed by atoms with Gasteiger partial charge in [-0.3, -0.25) is 4.79 Å². The van der Waals surface area contributed by atoms with Gasteiger partial charge >= 0.3 is 246 Å². The summed E-state index contributed by atoms with van der Waals surface area (Å²) < 4.78 is 16.6. The van der Waals surface area contributed by atoms with Gasteiger partial charge in [0.05, 0.1) is 0 Å². The number of carbonyl (C=O) groups excluding carboxylic acids is 1. The Morgan fingerprint density at radius 2 is 1.82 bits per heavy atom. The first kappa shape index (κ1) is 29.9. The van der Waals surface area contributed by atoms with Gasteiger partial charge in [0, 0.05) is 20.1 Å². The Kier molecular flexibility index (Phi) is 8.60. The molecule has 1 amide bonds. The van der Waals surface area contributed by atoms with Crippen molar-refractivity contribution in [2.45, 2.75) is 81.0 Å². The summed E-state index contributed by atoms with van der Waals surface area (Å²) in [4.78, 5) is 19.4. The average Bonchev–Trinajstić information content (AvgIpc) is 3.74. The van der Waals surface area contributed by atoms with Gasteiger partial charge in [-0.05, 0) is 0 Å². The standard InChI is InChI=1S/C25H25N5O2.C11H20N.In/c1-16(13-26)23-12-18-4-3-5-20(21(18)14-27-23)25-22-15-29(17(2)31)9-6-24(22)30(28-25)19-7-10-32-11-8-19;1-2-4-10(5-3-1)11-6-8-12-9-7-11;/h1,3-5,12-14,19H,6-11,15H2,2H3;1,10-12H,2-9H2;/q-1;;+1. The Morgan fingerprint density at radius 3 is 2.62 bits per heavy atom. The topological polar surface area (TPSA) is 84.6 Å². The molecule has 234 valence electrons. The maximum atomic E-state index is 12.4. The van der Waals surface area contributed by atoms with Gasteiger partial charge < -0.3 is 4.74 Å². The third-order valence-corrected chi connectivity index (χ3v) is 19.5. The fourth-order valence-corrected chi connectivity index (χ4v) is 16.3. The fraction of sp³-hybridized carbons (Fsp3) is 0.556. The summed E-state index contributed by atoms with van der Waals surface area (Å²) in [6.45, 7) is 7.01. The molecule has 0 unspecified atom stereocenters. The van der Waals surface area contributed by atoms with E-state index in [1.807, 2.05) is 11.1 Å². The quantitative estimate of drug-likeness (QED) is 0.357. The monoisotopic (exact) mass is 708 g/mol. The van der Waals surface area contributed by atoms with Crippen molar-refractivity contribution in [3.05, 3.63) is 51.2 Å². The SMILES string of the molecule is CC(=O)N1CCc2c(c(-c3cccc4cc(C5=[CH][In]([CH]6CCC(C7CCNCC7)CC6)[N]=C5)ncc34)nn2C2CCOCC2)C1. The third kappa shape index (κ3) is 5.93. The summed E-state index contributed by atoms with van der Waals surface area (Å²) in [5.74, 6) is 2.01. The predicted octanol–water partition coefficient (Wildman–Crippen LogP) is 5.91. The minimum absolute atomic E-state index is 0.125. The molecular weight excluding hydrogens is 663 g/mol. The number of carbonyl (C=O) groups is 1. The van der Waals surface area contributed by atoms with Crippen LogP contribution in [0.25, 0.3) is 27.6 Å². The van der Waals surface area contributed by atoms with E-state index in [1.165, 1.54) is 73.8 Å². The van der Waals surface area contributed by atoms with Gasteiger partial charge in [0.25, 0.3) is 0 Å². The van der Waals surface area contributed by atoms with Gasteiger partial charge in [0.1, 0.15) is 0 Å². The van der Waals surface area contributed by atoms with Crippen molar-refractivity contribution < 1.29 is 9.53 Å². The minimum atomic E-state index is -2.14. The van der Waals surface area contributed by atoms with Crippen LogP contribution in [-0.2, 0) is 22.5 Å². The zero-order valence-corrected chi connectivity index (χ0v) is 29.9. The normalized spacial score (nSPS) is 24.7. The molecule has 3 aromatic rings. The summed E-state index contributed by atoms with van der Waals surface area (Å²) in [5.41, 5.74) is 6.87. The molecule has 2 aromatic heterocycles. The molecule has 0 spiro atoms. The molecule has 3 fully saturated rings. The number of nitrogens with one attached hydrogen (secondary N) is 1. The number of amides is 1. The first-order valence-electron chi connectivity index (χ1n) is 17.4. The number of allylic oxidation sites excluding steroid dienone is 1. The Balaban J connectivity index is 1.05. The molecule has 1 saturated carbocycles. The van der Waals surface area contributed by atoms with Gasteiger partial charge in [0.2, 0.25) is 0 Å². The molecule has 45 heavy (non-hydrogen) atoms. The van der Waals surface area contributed by atoms with Crippen LogP contribution in [0.4, 0.5) is 0 Å². The van der Waals surface area contributed by atoms with Crippen LogP contribution in [0.15, 0.2) is 37.3 Å². The summed E-state index contributed by atoms with van der Waals surface area (Å²) in [5, 5.41) is 11.1. The van der Waals surface area contributed by atoms with Gasteiger partial charge in [-0.25, -0.2) is 0 Å². The zero-order chi connectivity index (χ0) is 30.3. The van der Waals surface area contributed by atoms with E-state index in [0.717, 1.165) is 76.9 Å². The summed E-state index contributed by atoms with van der Waals surface area (Å²) >= 11 is -2.14. The van der Waals surface area contributed by atoms with Crippen LogP contribution in [0.2, 0.25) is 3.67 Å². The van der Waals surface area contributed by atoms with Crippen LogP contribution in [0, 0.1) is 11.8 Å². The number of benzene rings is 1. The molecule has 0 radical (unpaired) electrons. The molecule has 5 aliphatic rings. The van der Waals surface area contributed by atoms with Crippen molar-refractivity contribution >= 4 is 50.2 Å². The van der Waals surface area contributed by atoms with Crippen molar-refractivity contribution in [3.8, 4) is 11.3 Å². The molecule has 0 bridgehead atoms. The molecule has 8 nitrogen and oxygen atoms in total. The second kappa shape index (κ2) is 13.0. The predicted molar refractivity (Wildman–Crippen MR) is 180 cm³/mol. The Morgan fingerprint density at radius 1 is 1.02 bits per heavy atom. The Labute approximate surface area is 274 Å². The second-order valence-electron chi connectivity index (χ2n) is 14.0. The van der Waals surface area contributed by atoms with E-state index in [-0.39, 0.29) is 5.91 Å². The van der Waals surface area contributed by atoms with Crippen molar-refractivity contribution in [1.82, 2.24) is 25.0 Å². The van der Waals surface area contributed by atoms with Crippen molar-refractivity contribution in [2.75, 3.05) is 32.8 Å². The second-order valence-corrected chi connectivity index (χ2v) is 21.3. The van der Waals surface area contributed by atoms with Gasteiger partial charge in [-0.2, -0.15) is 0 Å². The van der Waals surface area contributed by atoms with Crippen molar-refractivity contribution in [3.63, 3.8) is 0 Å². The van der Waals surface area contributed by atoms with E-state index in [1.54, 1.807) is 6.92 Å². The number of ether oxygens (including phenoxy) is 1. The number of aromatic nitrogens is 3. The Hall–Kier alpha value is -2.49. The van der Waals surface area contributed by atoms with E-state index in [2.05, 4.69) is 44.3 Å². The van der Waals surface area contributed by atoms with E-state index >= 15 is 0 Å². The number of nitrogens with zero attached hydrogens (tertiary/aromatic N) is 5. The summed E-state index contributed by atoms with van der Waals surface area (Å²) in [7, 11) is 0. The Bertz CT molecular complexity index is 1630. The molecule has 0 atom stereocenters. The summed E-state index contributed by atoms with van der Waals surface area (Å²) in [6.07, 6.45) is 15.3. The molecule has 9 heteroatoms. The van der Waals surface area contributed by atoms with Crippen LogP contribution >= 0.6 is 0 Å². The molecule has 2 saturated heterocycles. The van der Waals surface area contributed by atoms with E-state index in [0.29, 0.717) is 12.6 Å². The van der Waals surface area contributed by atoms with Crippen LogP contribution in [0.3, 0.4) is 0 Å². The summed E-state index contributed by atoms with van der Waals surface area (Å²) in [6, 6.07) is 9.12. The maximum absolute atomic E-state index is 12.4. The fourth-order valence-electron chi connectivity index (χ4n) is 8.82. The van der Waals surface area contributed by atoms with E-state index in [9.17, 15) is 4.79 Å². The zero-order valence-electron chi connectivity index (χ0n) is 26.6. The van der Waals surface area contributed by atoms with Gasteiger partial charge in [-0.1, -0.05) is 0 Å². The number of hydrogen-bond acceptors (Lipinski definition) is 6. The number of hydrogen-bond donors (Lipinski definition) is 1. The number of pyridine rings is 1. The number of piperidine rings is 1. The first-order chi connectivity index (χ1) is 22.1. The molecular formula is C36H45InN6O2. The number of rotatable bonds is 5.